The molecule has 1 N–H and O–H groups in total. The maximum absolute atomic E-state index is 12.6. The summed E-state index contributed by atoms with van der Waals surface area (Å²) < 4.78 is 5.49. The van der Waals surface area contributed by atoms with E-state index in [1.165, 1.54) is 5.56 Å². The van der Waals surface area contributed by atoms with Gasteiger partial charge in [-0.3, -0.25) is 4.79 Å². The van der Waals surface area contributed by atoms with Crippen molar-refractivity contribution in [3.8, 4) is 22.5 Å². The number of aromatic nitrogens is 1. The molecule has 0 unspecified atom stereocenters. The van der Waals surface area contributed by atoms with Crippen molar-refractivity contribution in [1.29, 1.82) is 0 Å². The van der Waals surface area contributed by atoms with Gasteiger partial charge in [0.15, 0.2) is 5.76 Å². The largest absolute Gasteiger partial charge is 0.356 e. The van der Waals surface area contributed by atoms with Crippen LogP contribution in [0.2, 0.25) is 0 Å². The number of carbonyl (C=O) groups is 1. The SMILES string of the molecule is CCSc1ccccc1C(=O)NCc1cc(-c2ccc(-c3ccccc3)cc2)on1. The van der Waals surface area contributed by atoms with E-state index in [4.69, 9.17) is 4.52 Å². The monoisotopic (exact) mass is 414 g/mol. The minimum Gasteiger partial charge on any atom is -0.356 e. The van der Waals surface area contributed by atoms with Gasteiger partial charge in [0.1, 0.15) is 5.69 Å². The zero-order chi connectivity index (χ0) is 20.8. The number of nitrogens with one attached hydrogen (secondary N) is 1. The Kier molecular flexibility index (Phi) is 6.30. The Labute approximate surface area is 180 Å². The van der Waals surface area contributed by atoms with Crippen LogP contribution >= 0.6 is 11.8 Å². The lowest BCUT2D eigenvalue weighted by molar-refractivity contribution is 0.0947. The van der Waals surface area contributed by atoms with Crippen LogP contribution in [0.15, 0.2) is 94.3 Å². The Hall–Kier alpha value is -3.31. The molecule has 150 valence electrons. The van der Waals surface area contributed by atoms with Crippen molar-refractivity contribution < 1.29 is 9.32 Å². The summed E-state index contributed by atoms with van der Waals surface area (Å²) in [7, 11) is 0. The molecular weight excluding hydrogens is 392 g/mol. The van der Waals surface area contributed by atoms with Gasteiger partial charge in [-0.1, -0.05) is 78.8 Å². The van der Waals surface area contributed by atoms with Gasteiger partial charge in [-0.2, -0.15) is 0 Å². The molecule has 0 bridgehead atoms. The highest BCUT2D eigenvalue weighted by atomic mass is 32.2. The summed E-state index contributed by atoms with van der Waals surface area (Å²) in [5, 5.41) is 7.04. The van der Waals surface area contributed by atoms with Crippen molar-refractivity contribution in [2.45, 2.75) is 18.4 Å². The van der Waals surface area contributed by atoms with E-state index < -0.39 is 0 Å². The van der Waals surface area contributed by atoms with Gasteiger partial charge in [0.2, 0.25) is 0 Å². The lowest BCUT2D eigenvalue weighted by atomic mass is 10.0. The first kappa shape index (κ1) is 20.0. The number of carbonyl (C=O) groups excluding carboxylic acids is 1. The molecule has 0 fully saturated rings. The molecule has 0 aliphatic heterocycles. The first-order valence-electron chi connectivity index (χ1n) is 9.86. The van der Waals surface area contributed by atoms with E-state index in [0.29, 0.717) is 23.6 Å². The van der Waals surface area contributed by atoms with Crippen molar-refractivity contribution in [2.24, 2.45) is 0 Å². The predicted octanol–water partition coefficient (Wildman–Crippen LogP) is 6.05. The molecule has 5 heteroatoms. The van der Waals surface area contributed by atoms with Crippen molar-refractivity contribution in [3.05, 3.63) is 96.2 Å². The average molecular weight is 415 g/mol. The average Bonchev–Trinajstić information content (AvgIpc) is 3.28. The first-order chi connectivity index (χ1) is 14.7. The van der Waals surface area contributed by atoms with Gasteiger partial charge in [-0.15, -0.1) is 11.8 Å². The minimum absolute atomic E-state index is 0.108. The summed E-state index contributed by atoms with van der Waals surface area (Å²) in [6, 6.07) is 27.9. The second kappa shape index (κ2) is 9.46. The third-order valence-corrected chi connectivity index (χ3v) is 5.65. The van der Waals surface area contributed by atoms with Crippen LogP contribution in [-0.2, 0) is 6.54 Å². The molecule has 4 aromatic rings. The van der Waals surface area contributed by atoms with Crippen LogP contribution in [0.4, 0.5) is 0 Å². The topological polar surface area (TPSA) is 55.1 Å². The normalized spacial score (nSPS) is 10.7. The van der Waals surface area contributed by atoms with Gasteiger partial charge >= 0.3 is 0 Å². The highest BCUT2D eigenvalue weighted by molar-refractivity contribution is 7.99. The second-order valence-corrected chi connectivity index (χ2v) is 8.04. The smallest absolute Gasteiger partial charge is 0.252 e. The maximum atomic E-state index is 12.6. The van der Waals surface area contributed by atoms with E-state index in [1.54, 1.807) is 11.8 Å². The molecule has 0 aliphatic carbocycles. The third-order valence-electron chi connectivity index (χ3n) is 4.70. The molecular formula is C25H22N2O2S. The summed E-state index contributed by atoms with van der Waals surface area (Å²) in [4.78, 5) is 13.6. The zero-order valence-electron chi connectivity index (χ0n) is 16.7. The molecule has 0 saturated heterocycles. The lowest BCUT2D eigenvalue weighted by Gasteiger charge is -2.08. The Morgan fingerprint density at radius 2 is 1.57 bits per heavy atom. The second-order valence-electron chi connectivity index (χ2n) is 6.74. The van der Waals surface area contributed by atoms with Gasteiger partial charge in [0, 0.05) is 16.5 Å². The molecule has 1 heterocycles. The summed E-state index contributed by atoms with van der Waals surface area (Å²) in [5.74, 6) is 1.49. The van der Waals surface area contributed by atoms with Gasteiger partial charge in [0.05, 0.1) is 12.1 Å². The maximum Gasteiger partial charge on any atom is 0.252 e. The Bertz CT molecular complexity index is 1120. The highest BCUT2D eigenvalue weighted by Crippen LogP contribution is 2.26. The van der Waals surface area contributed by atoms with Crippen LogP contribution in [0, 0.1) is 0 Å². The number of thioether (sulfide) groups is 1. The molecule has 1 aromatic heterocycles. The quantitative estimate of drug-likeness (QED) is 0.374. The molecule has 0 aliphatic rings. The van der Waals surface area contributed by atoms with E-state index in [9.17, 15) is 4.79 Å². The Morgan fingerprint density at radius 1 is 0.900 bits per heavy atom. The van der Waals surface area contributed by atoms with Crippen molar-refractivity contribution in [2.75, 3.05) is 5.75 Å². The highest BCUT2D eigenvalue weighted by Gasteiger charge is 2.12. The molecule has 3 aromatic carbocycles. The van der Waals surface area contributed by atoms with E-state index >= 15 is 0 Å². The van der Waals surface area contributed by atoms with E-state index in [1.807, 2.05) is 60.7 Å². The third kappa shape index (κ3) is 4.63. The van der Waals surface area contributed by atoms with Crippen LogP contribution in [0.3, 0.4) is 0 Å². The van der Waals surface area contributed by atoms with Crippen LogP contribution in [0.1, 0.15) is 23.0 Å². The van der Waals surface area contributed by atoms with Gasteiger partial charge in [-0.25, -0.2) is 0 Å². The van der Waals surface area contributed by atoms with Crippen LogP contribution in [-0.4, -0.2) is 16.8 Å². The molecule has 0 spiro atoms. The lowest BCUT2D eigenvalue weighted by Crippen LogP contribution is -2.23. The molecule has 4 nitrogen and oxygen atoms in total. The molecule has 30 heavy (non-hydrogen) atoms. The fourth-order valence-electron chi connectivity index (χ4n) is 3.19. The van der Waals surface area contributed by atoms with Crippen molar-refractivity contribution >= 4 is 17.7 Å². The fourth-order valence-corrected chi connectivity index (χ4v) is 3.99. The van der Waals surface area contributed by atoms with Crippen LogP contribution in [0.5, 0.6) is 0 Å². The van der Waals surface area contributed by atoms with Crippen molar-refractivity contribution in [3.63, 3.8) is 0 Å². The molecule has 0 atom stereocenters. The number of rotatable bonds is 7. The van der Waals surface area contributed by atoms with Gasteiger partial charge in [0.25, 0.3) is 5.91 Å². The number of hydrogen-bond donors (Lipinski definition) is 1. The molecule has 1 amide bonds. The fraction of sp³-hybridized carbons (Fsp3) is 0.120. The number of benzene rings is 3. The summed E-state index contributed by atoms with van der Waals surface area (Å²) >= 11 is 1.66. The molecule has 4 rings (SSSR count). The standard InChI is InChI=1S/C25H22N2O2S/c1-2-30-24-11-7-6-10-22(24)25(28)26-17-21-16-23(29-27-21)20-14-12-19(13-15-20)18-8-4-3-5-9-18/h3-16H,2,17H2,1H3,(H,26,28). The van der Waals surface area contributed by atoms with E-state index in [0.717, 1.165) is 21.8 Å². The predicted molar refractivity (Wildman–Crippen MR) is 121 cm³/mol. The van der Waals surface area contributed by atoms with Crippen LogP contribution in [0.25, 0.3) is 22.5 Å². The van der Waals surface area contributed by atoms with Crippen LogP contribution < -0.4 is 5.32 Å². The number of hydrogen-bond acceptors (Lipinski definition) is 4. The van der Waals surface area contributed by atoms with E-state index in [2.05, 4.69) is 41.7 Å². The summed E-state index contributed by atoms with van der Waals surface area (Å²) in [5.41, 5.74) is 4.64. The summed E-state index contributed by atoms with van der Waals surface area (Å²) in [6.07, 6.45) is 0. The first-order valence-corrected chi connectivity index (χ1v) is 10.8. The minimum atomic E-state index is -0.108. The Balaban J connectivity index is 1.42. The number of nitrogens with zero attached hydrogens (tertiary/aromatic N) is 1. The molecule has 0 saturated carbocycles. The summed E-state index contributed by atoms with van der Waals surface area (Å²) in [6.45, 7) is 2.39. The zero-order valence-corrected chi connectivity index (χ0v) is 17.5. The van der Waals surface area contributed by atoms with Crippen molar-refractivity contribution in [1.82, 2.24) is 10.5 Å². The Morgan fingerprint density at radius 3 is 2.33 bits per heavy atom. The molecule has 0 radical (unpaired) electrons. The van der Waals surface area contributed by atoms with Gasteiger partial charge < -0.3 is 9.84 Å². The van der Waals surface area contributed by atoms with E-state index in [-0.39, 0.29) is 5.91 Å². The van der Waals surface area contributed by atoms with Gasteiger partial charge in [-0.05, 0) is 29.0 Å². The number of amides is 1.